The summed E-state index contributed by atoms with van der Waals surface area (Å²) < 4.78 is 5.94. The molecule has 2 aromatic rings. The number of benzene rings is 1. The molecular weight excluding hydrogens is 314 g/mol. The van der Waals surface area contributed by atoms with Gasteiger partial charge in [0, 0.05) is 37.0 Å². The highest BCUT2D eigenvalue weighted by Crippen LogP contribution is 2.29. The number of aryl methyl sites for hydroxylation is 2. The van der Waals surface area contributed by atoms with E-state index in [1.165, 1.54) is 0 Å². The zero-order chi connectivity index (χ0) is 17.2. The largest absolute Gasteiger partial charge is 0.440 e. The van der Waals surface area contributed by atoms with Crippen molar-refractivity contribution in [2.24, 2.45) is 0 Å². The maximum atomic E-state index is 12.8. The maximum absolute atomic E-state index is 12.8. The van der Waals surface area contributed by atoms with Crippen LogP contribution in [0.1, 0.15) is 37.3 Å². The first kappa shape index (κ1) is 16.3. The molecule has 2 fully saturated rings. The number of rotatable bonds is 4. The average Bonchev–Trinajstić information content (AvgIpc) is 3.12. The van der Waals surface area contributed by atoms with Gasteiger partial charge in [0.1, 0.15) is 0 Å². The fraction of sp³-hybridized carbons (Fsp3) is 0.500. The average molecular weight is 339 g/mol. The summed E-state index contributed by atoms with van der Waals surface area (Å²) in [6.45, 7) is 3.90. The predicted molar refractivity (Wildman–Crippen MR) is 96.1 cm³/mol. The third kappa shape index (κ3) is 3.33. The SMILES string of the molecule is Cc1nc(CCC(=O)N2C3CCNCC2CC3)oc1-c1ccccc1. The molecule has 0 radical (unpaired) electrons. The highest BCUT2D eigenvalue weighted by atomic mass is 16.4. The van der Waals surface area contributed by atoms with E-state index in [1.807, 2.05) is 37.3 Å². The van der Waals surface area contributed by atoms with Crippen molar-refractivity contribution in [3.63, 3.8) is 0 Å². The van der Waals surface area contributed by atoms with E-state index in [9.17, 15) is 4.79 Å². The molecule has 4 rings (SSSR count). The Balaban J connectivity index is 1.42. The van der Waals surface area contributed by atoms with E-state index in [1.54, 1.807) is 0 Å². The first-order chi connectivity index (χ1) is 12.2. The number of amides is 1. The number of fused-ring (bicyclic) bond motifs is 2. The smallest absolute Gasteiger partial charge is 0.223 e. The van der Waals surface area contributed by atoms with E-state index in [2.05, 4.69) is 15.2 Å². The first-order valence-corrected chi connectivity index (χ1v) is 9.26. The van der Waals surface area contributed by atoms with E-state index < -0.39 is 0 Å². The second-order valence-electron chi connectivity index (χ2n) is 7.07. The maximum Gasteiger partial charge on any atom is 0.223 e. The Morgan fingerprint density at radius 1 is 1.24 bits per heavy atom. The minimum absolute atomic E-state index is 0.244. The van der Waals surface area contributed by atoms with Crippen LogP contribution in [0, 0.1) is 6.92 Å². The van der Waals surface area contributed by atoms with Crippen LogP contribution in [-0.2, 0) is 11.2 Å². The summed E-state index contributed by atoms with van der Waals surface area (Å²) in [4.78, 5) is 19.4. The van der Waals surface area contributed by atoms with Crippen molar-refractivity contribution in [3.05, 3.63) is 41.9 Å². The van der Waals surface area contributed by atoms with Gasteiger partial charge in [0.25, 0.3) is 0 Å². The monoisotopic (exact) mass is 339 g/mol. The Morgan fingerprint density at radius 3 is 2.88 bits per heavy atom. The van der Waals surface area contributed by atoms with Crippen LogP contribution in [0.25, 0.3) is 11.3 Å². The zero-order valence-corrected chi connectivity index (χ0v) is 14.7. The summed E-state index contributed by atoms with van der Waals surface area (Å²) in [5.41, 5.74) is 1.91. The molecule has 2 atom stereocenters. The number of aromatic nitrogens is 1. The van der Waals surface area contributed by atoms with E-state index in [-0.39, 0.29) is 5.91 Å². The number of hydrogen-bond donors (Lipinski definition) is 1. The molecule has 25 heavy (non-hydrogen) atoms. The number of carbonyl (C=O) groups is 1. The fourth-order valence-electron chi connectivity index (χ4n) is 4.15. The molecule has 0 aliphatic carbocycles. The molecule has 3 heterocycles. The van der Waals surface area contributed by atoms with Gasteiger partial charge in [-0.05, 0) is 32.7 Å². The Hall–Kier alpha value is -2.14. The summed E-state index contributed by atoms with van der Waals surface area (Å²) in [5.74, 6) is 1.71. The van der Waals surface area contributed by atoms with Gasteiger partial charge in [-0.15, -0.1) is 0 Å². The molecule has 1 N–H and O–H groups in total. The topological polar surface area (TPSA) is 58.4 Å². The van der Waals surface area contributed by atoms with E-state index >= 15 is 0 Å². The van der Waals surface area contributed by atoms with Crippen molar-refractivity contribution in [1.29, 1.82) is 0 Å². The molecule has 132 valence electrons. The molecule has 2 bridgehead atoms. The minimum atomic E-state index is 0.244. The molecule has 2 unspecified atom stereocenters. The molecule has 0 saturated carbocycles. The van der Waals surface area contributed by atoms with Crippen molar-refractivity contribution in [1.82, 2.24) is 15.2 Å². The van der Waals surface area contributed by atoms with Crippen molar-refractivity contribution in [2.75, 3.05) is 13.1 Å². The van der Waals surface area contributed by atoms with E-state index in [0.717, 1.165) is 49.4 Å². The second kappa shape index (κ2) is 7.00. The van der Waals surface area contributed by atoms with Crippen LogP contribution < -0.4 is 5.32 Å². The molecule has 2 saturated heterocycles. The predicted octanol–water partition coefficient (Wildman–Crippen LogP) is 2.94. The van der Waals surface area contributed by atoms with Crippen LogP contribution in [0.3, 0.4) is 0 Å². The normalized spacial score (nSPS) is 22.8. The summed E-state index contributed by atoms with van der Waals surface area (Å²) >= 11 is 0. The van der Waals surface area contributed by atoms with Gasteiger partial charge in [-0.3, -0.25) is 4.79 Å². The molecule has 1 aromatic heterocycles. The van der Waals surface area contributed by atoms with Gasteiger partial charge in [0.15, 0.2) is 11.7 Å². The van der Waals surface area contributed by atoms with Crippen LogP contribution >= 0.6 is 0 Å². The standard InChI is InChI=1S/C20H25N3O2/c1-14-20(15-5-3-2-4-6-15)25-18(22-14)9-10-19(24)23-16-7-8-17(23)13-21-12-11-16/h2-6,16-17,21H,7-13H2,1H3. The second-order valence-corrected chi connectivity index (χ2v) is 7.07. The van der Waals surface area contributed by atoms with Gasteiger partial charge >= 0.3 is 0 Å². The van der Waals surface area contributed by atoms with Gasteiger partial charge in [0.2, 0.25) is 5.91 Å². The van der Waals surface area contributed by atoms with Gasteiger partial charge in [-0.2, -0.15) is 0 Å². The number of hydrogen-bond acceptors (Lipinski definition) is 4. The molecule has 2 aliphatic heterocycles. The number of nitrogens with zero attached hydrogens (tertiary/aromatic N) is 2. The quantitative estimate of drug-likeness (QED) is 0.930. The summed E-state index contributed by atoms with van der Waals surface area (Å²) in [6.07, 6.45) is 4.38. The van der Waals surface area contributed by atoms with Gasteiger partial charge < -0.3 is 14.6 Å². The van der Waals surface area contributed by atoms with Crippen LogP contribution in [0.5, 0.6) is 0 Å². The lowest BCUT2D eigenvalue weighted by atomic mass is 10.1. The van der Waals surface area contributed by atoms with Crippen LogP contribution in [0.15, 0.2) is 34.7 Å². The van der Waals surface area contributed by atoms with Crippen molar-refractivity contribution in [3.8, 4) is 11.3 Å². The van der Waals surface area contributed by atoms with Crippen LogP contribution in [0.4, 0.5) is 0 Å². The Kier molecular flexibility index (Phi) is 4.57. The highest BCUT2D eigenvalue weighted by molar-refractivity contribution is 5.77. The lowest BCUT2D eigenvalue weighted by Gasteiger charge is -2.27. The zero-order valence-electron chi connectivity index (χ0n) is 14.7. The Labute approximate surface area is 148 Å². The minimum Gasteiger partial charge on any atom is -0.440 e. The Bertz CT molecular complexity index is 727. The molecule has 2 aliphatic rings. The van der Waals surface area contributed by atoms with Gasteiger partial charge in [-0.1, -0.05) is 30.3 Å². The first-order valence-electron chi connectivity index (χ1n) is 9.26. The van der Waals surface area contributed by atoms with E-state index in [4.69, 9.17) is 4.42 Å². The number of oxazole rings is 1. The molecule has 1 aromatic carbocycles. The summed E-state index contributed by atoms with van der Waals surface area (Å²) in [7, 11) is 0. The molecule has 5 heteroatoms. The van der Waals surface area contributed by atoms with Crippen molar-refractivity contribution in [2.45, 2.75) is 51.1 Å². The van der Waals surface area contributed by atoms with Crippen LogP contribution in [-0.4, -0.2) is 41.0 Å². The van der Waals surface area contributed by atoms with Crippen molar-refractivity contribution >= 4 is 5.91 Å². The summed E-state index contributed by atoms with van der Waals surface area (Å²) in [5, 5.41) is 3.44. The van der Waals surface area contributed by atoms with Gasteiger partial charge in [-0.25, -0.2) is 4.98 Å². The lowest BCUT2D eigenvalue weighted by molar-refractivity contribution is -0.133. The third-order valence-electron chi connectivity index (χ3n) is 5.37. The molecule has 0 spiro atoms. The molecule has 1 amide bonds. The van der Waals surface area contributed by atoms with E-state index in [0.29, 0.717) is 30.8 Å². The van der Waals surface area contributed by atoms with Gasteiger partial charge in [0.05, 0.1) is 5.69 Å². The highest BCUT2D eigenvalue weighted by Gasteiger charge is 2.37. The number of nitrogens with one attached hydrogen (secondary N) is 1. The third-order valence-corrected chi connectivity index (χ3v) is 5.37. The molecular formula is C20H25N3O2. The van der Waals surface area contributed by atoms with Crippen LogP contribution in [0.2, 0.25) is 0 Å². The summed E-state index contributed by atoms with van der Waals surface area (Å²) in [6, 6.07) is 10.8. The fourth-order valence-corrected chi connectivity index (χ4v) is 4.15. The lowest BCUT2D eigenvalue weighted by Crippen LogP contribution is -2.42. The Morgan fingerprint density at radius 2 is 2.04 bits per heavy atom. The van der Waals surface area contributed by atoms with Crippen molar-refractivity contribution < 1.29 is 9.21 Å². The molecule has 5 nitrogen and oxygen atoms in total. The number of carbonyl (C=O) groups excluding carboxylic acids is 1.